The van der Waals surface area contributed by atoms with Crippen LogP contribution in [-0.4, -0.2) is 31.5 Å². The molecule has 24 heavy (non-hydrogen) atoms. The van der Waals surface area contributed by atoms with E-state index in [4.69, 9.17) is 4.74 Å². The summed E-state index contributed by atoms with van der Waals surface area (Å²) in [5.74, 6) is 0.412. The summed E-state index contributed by atoms with van der Waals surface area (Å²) in [5, 5.41) is 0. The quantitative estimate of drug-likeness (QED) is 0.873. The maximum atomic E-state index is 13.0. The second kappa shape index (κ2) is 5.67. The normalized spacial score (nSPS) is 16.8. The second-order valence-corrected chi connectivity index (χ2v) is 6.11. The van der Waals surface area contributed by atoms with Crippen LogP contribution in [0.4, 0.5) is 11.4 Å². The third-order valence-corrected chi connectivity index (χ3v) is 4.47. The predicted molar refractivity (Wildman–Crippen MR) is 91.6 cm³/mol. The molecule has 0 unspecified atom stereocenters. The summed E-state index contributed by atoms with van der Waals surface area (Å²) in [4.78, 5) is 29.0. The number of hydrogen-bond acceptors (Lipinski definition) is 3. The first kappa shape index (κ1) is 14.8. The Morgan fingerprint density at radius 3 is 2.54 bits per heavy atom. The lowest BCUT2D eigenvalue weighted by molar-refractivity contribution is -0.117. The molecule has 0 atom stereocenters. The number of para-hydroxylation sites is 2. The molecule has 2 amide bonds. The number of fused-ring (bicyclic) bond motifs is 1. The molecule has 0 spiro atoms. The maximum Gasteiger partial charge on any atom is 0.258 e. The fourth-order valence-electron chi connectivity index (χ4n) is 3.15. The fourth-order valence-corrected chi connectivity index (χ4v) is 3.15. The Bertz CT molecular complexity index is 814. The van der Waals surface area contributed by atoms with Crippen LogP contribution in [0.1, 0.15) is 23.2 Å². The molecule has 5 heteroatoms. The molecule has 0 N–H and O–H groups in total. The van der Waals surface area contributed by atoms with Crippen molar-refractivity contribution < 1.29 is 14.3 Å². The van der Waals surface area contributed by atoms with Gasteiger partial charge in [0, 0.05) is 11.6 Å². The van der Waals surface area contributed by atoms with E-state index >= 15 is 0 Å². The van der Waals surface area contributed by atoms with E-state index in [1.54, 1.807) is 36.3 Å². The number of benzene rings is 2. The van der Waals surface area contributed by atoms with E-state index in [-0.39, 0.29) is 24.4 Å². The van der Waals surface area contributed by atoms with Gasteiger partial charge in [-0.15, -0.1) is 0 Å². The van der Waals surface area contributed by atoms with E-state index in [0.717, 1.165) is 24.2 Å². The number of rotatable bonds is 3. The summed E-state index contributed by atoms with van der Waals surface area (Å²) >= 11 is 0. The summed E-state index contributed by atoms with van der Waals surface area (Å²) in [6.07, 6.45) is 2.06. The molecule has 4 rings (SSSR count). The molecule has 0 radical (unpaired) electrons. The van der Waals surface area contributed by atoms with Gasteiger partial charge in [-0.1, -0.05) is 18.2 Å². The summed E-state index contributed by atoms with van der Waals surface area (Å²) in [5.41, 5.74) is 2.13. The minimum atomic E-state index is -0.190. The van der Waals surface area contributed by atoms with Crippen LogP contribution in [0, 0.1) is 0 Å². The summed E-state index contributed by atoms with van der Waals surface area (Å²) < 4.78 is 5.19. The Labute approximate surface area is 140 Å². The number of carbonyl (C=O) groups is 2. The Morgan fingerprint density at radius 2 is 1.83 bits per heavy atom. The number of carbonyl (C=O) groups excluding carboxylic acids is 2. The van der Waals surface area contributed by atoms with E-state index in [0.29, 0.717) is 11.3 Å². The first-order valence-electron chi connectivity index (χ1n) is 8.06. The van der Waals surface area contributed by atoms with E-state index in [1.165, 1.54) is 0 Å². The lowest BCUT2D eigenvalue weighted by Gasteiger charge is -2.36. The van der Waals surface area contributed by atoms with Crippen LogP contribution in [0.15, 0.2) is 48.5 Å². The van der Waals surface area contributed by atoms with Gasteiger partial charge in [0.05, 0.1) is 18.5 Å². The van der Waals surface area contributed by atoms with E-state index in [9.17, 15) is 9.59 Å². The molecule has 0 bridgehead atoms. The van der Waals surface area contributed by atoms with Gasteiger partial charge in [0.15, 0.2) is 0 Å². The molecular weight excluding hydrogens is 304 g/mol. The van der Waals surface area contributed by atoms with Crippen molar-refractivity contribution in [3.05, 3.63) is 54.1 Å². The molecule has 1 heterocycles. The molecule has 5 nitrogen and oxygen atoms in total. The van der Waals surface area contributed by atoms with Gasteiger partial charge in [-0.25, -0.2) is 0 Å². The molecule has 1 aliphatic carbocycles. The molecule has 0 aromatic heterocycles. The molecule has 2 aliphatic rings. The third-order valence-electron chi connectivity index (χ3n) is 4.47. The molecule has 122 valence electrons. The third kappa shape index (κ3) is 2.42. The van der Waals surface area contributed by atoms with Gasteiger partial charge in [-0.3, -0.25) is 14.5 Å². The van der Waals surface area contributed by atoms with Crippen LogP contribution >= 0.6 is 0 Å². The minimum Gasteiger partial charge on any atom is -0.497 e. The highest BCUT2D eigenvalue weighted by Crippen LogP contribution is 2.40. The van der Waals surface area contributed by atoms with Crippen LogP contribution in [0.2, 0.25) is 0 Å². The first-order valence-corrected chi connectivity index (χ1v) is 8.06. The Hall–Kier alpha value is -2.82. The van der Waals surface area contributed by atoms with E-state index in [2.05, 4.69) is 0 Å². The standard InChI is InChI=1S/C19H18N2O3/c1-24-15-6-4-5-13(11-15)19(23)20-12-18(22)21(14-9-10-14)17-8-3-2-7-16(17)20/h2-8,11,14H,9-10,12H2,1H3. The summed E-state index contributed by atoms with van der Waals surface area (Å²) in [6, 6.07) is 14.9. The maximum absolute atomic E-state index is 13.0. The van der Waals surface area contributed by atoms with Crippen molar-refractivity contribution in [1.29, 1.82) is 0 Å². The first-order chi connectivity index (χ1) is 11.7. The van der Waals surface area contributed by atoms with Crippen LogP contribution in [-0.2, 0) is 4.79 Å². The molecule has 1 saturated carbocycles. The predicted octanol–water partition coefficient (Wildman–Crippen LogP) is 2.85. The minimum absolute atomic E-state index is 0.0209. The number of hydrogen-bond donors (Lipinski definition) is 0. The van der Waals surface area contributed by atoms with Crippen molar-refractivity contribution in [2.75, 3.05) is 23.5 Å². The molecular formula is C19H18N2O3. The lowest BCUT2D eigenvalue weighted by atomic mass is 10.1. The monoisotopic (exact) mass is 322 g/mol. The molecule has 2 aromatic rings. The second-order valence-electron chi connectivity index (χ2n) is 6.11. The van der Waals surface area contributed by atoms with E-state index in [1.807, 2.05) is 29.2 Å². The van der Waals surface area contributed by atoms with Gasteiger partial charge in [0.2, 0.25) is 5.91 Å². The molecule has 0 saturated heterocycles. The highest BCUT2D eigenvalue weighted by molar-refractivity contribution is 6.16. The lowest BCUT2D eigenvalue weighted by Crippen LogP contribution is -2.49. The van der Waals surface area contributed by atoms with Gasteiger partial charge in [-0.2, -0.15) is 0 Å². The van der Waals surface area contributed by atoms with Crippen molar-refractivity contribution in [2.24, 2.45) is 0 Å². The zero-order valence-electron chi connectivity index (χ0n) is 13.4. The molecule has 1 aliphatic heterocycles. The van der Waals surface area contributed by atoms with Gasteiger partial charge < -0.3 is 9.64 Å². The highest BCUT2D eigenvalue weighted by Gasteiger charge is 2.40. The smallest absolute Gasteiger partial charge is 0.258 e. The largest absolute Gasteiger partial charge is 0.497 e. The number of nitrogens with zero attached hydrogens (tertiary/aromatic N) is 2. The van der Waals surface area contributed by atoms with Crippen molar-refractivity contribution in [3.63, 3.8) is 0 Å². The summed E-state index contributed by atoms with van der Waals surface area (Å²) in [7, 11) is 1.57. The SMILES string of the molecule is COc1cccc(C(=O)N2CC(=O)N(C3CC3)c3ccccc32)c1. The van der Waals surface area contributed by atoms with Crippen LogP contribution in [0.25, 0.3) is 0 Å². The van der Waals surface area contributed by atoms with Crippen LogP contribution in [0.5, 0.6) is 5.75 Å². The van der Waals surface area contributed by atoms with Crippen molar-refractivity contribution in [1.82, 2.24) is 0 Å². The Kier molecular flexibility index (Phi) is 3.49. The van der Waals surface area contributed by atoms with Crippen molar-refractivity contribution in [3.8, 4) is 5.75 Å². The number of amides is 2. The average molecular weight is 322 g/mol. The molecule has 2 aromatic carbocycles. The van der Waals surface area contributed by atoms with Gasteiger partial charge in [0.25, 0.3) is 5.91 Å². The van der Waals surface area contributed by atoms with Crippen molar-refractivity contribution >= 4 is 23.2 Å². The fraction of sp³-hybridized carbons (Fsp3) is 0.263. The van der Waals surface area contributed by atoms with Gasteiger partial charge in [-0.05, 0) is 43.2 Å². The average Bonchev–Trinajstić information content (AvgIpc) is 3.45. The zero-order valence-corrected chi connectivity index (χ0v) is 13.4. The molecule has 1 fully saturated rings. The number of ether oxygens (including phenoxy) is 1. The summed E-state index contributed by atoms with van der Waals surface area (Å²) in [6.45, 7) is 0.0730. The van der Waals surface area contributed by atoms with Crippen LogP contribution < -0.4 is 14.5 Å². The topological polar surface area (TPSA) is 49.9 Å². The number of anilines is 2. The van der Waals surface area contributed by atoms with Gasteiger partial charge in [0.1, 0.15) is 12.3 Å². The zero-order chi connectivity index (χ0) is 16.7. The Morgan fingerprint density at radius 1 is 1.08 bits per heavy atom. The Balaban J connectivity index is 1.73. The van der Waals surface area contributed by atoms with E-state index < -0.39 is 0 Å². The van der Waals surface area contributed by atoms with Crippen molar-refractivity contribution in [2.45, 2.75) is 18.9 Å². The van der Waals surface area contributed by atoms with Gasteiger partial charge >= 0.3 is 0 Å². The highest BCUT2D eigenvalue weighted by atomic mass is 16.5. The van der Waals surface area contributed by atoms with Crippen LogP contribution in [0.3, 0.4) is 0 Å². The number of methoxy groups -OCH3 is 1.